The fraction of sp³-hybridized carbons (Fsp3) is 0.182. The van der Waals surface area contributed by atoms with Crippen LogP contribution in [0.5, 0.6) is 0 Å². The number of methoxy groups -OCH3 is 1. The first-order valence-electron chi connectivity index (χ1n) is 4.68. The molecule has 0 amide bonds. The van der Waals surface area contributed by atoms with Crippen LogP contribution in [0.4, 0.5) is 0 Å². The molecule has 0 N–H and O–H groups in total. The Morgan fingerprint density at radius 2 is 2.06 bits per heavy atom. The van der Waals surface area contributed by atoms with Crippen LogP contribution in [0, 0.1) is 6.92 Å². The molecule has 0 atom stereocenters. The van der Waals surface area contributed by atoms with Gasteiger partial charge in [0.2, 0.25) is 5.89 Å². The summed E-state index contributed by atoms with van der Waals surface area (Å²) in [6, 6.07) is 3.51. The highest BCUT2D eigenvalue weighted by molar-refractivity contribution is 5.88. The second-order valence-corrected chi connectivity index (χ2v) is 3.15. The van der Waals surface area contributed by atoms with Crippen molar-refractivity contribution in [3.63, 3.8) is 0 Å². The van der Waals surface area contributed by atoms with Crippen LogP contribution in [0.1, 0.15) is 16.2 Å². The van der Waals surface area contributed by atoms with Crippen molar-refractivity contribution < 1.29 is 13.9 Å². The smallest absolute Gasteiger partial charge is 0.360 e. The summed E-state index contributed by atoms with van der Waals surface area (Å²) in [4.78, 5) is 19.3. The van der Waals surface area contributed by atoms with Gasteiger partial charge in [0.05, 0.1) is 7.11 Å². The van der Waals surface area contributed by atoms with E-state index in [-0.39, 0.29) is 5.69 Å². The molecule has 2 aromatic heterocycles. The van der Waals surface area contributed by atoms with Gasteiger partial charge in [-0.2, -0.15) is 0 Å². The van der Waals surface area contributed by atoms with Gasteiger partial charge in [-0.1, -0.05) is 0 Å². The van der Waals surface area contributed by atoms with Gasteiger partial charge in [-0.3, -0.25) is 4.98 Å². The number of pyridine rings is 1. The van der Waals surface area contributed by atoms with Gasteiger partial charge in [-0.25, -0.2) is 9.78 Å². The Balaban J connectivity index is 2.42. The maximum absolute atomic E-state index is 11.3. The summed E-state index contributed by atoms with van der Waals surface area (Å²) in [7, 11) is 1.31. The van der Waals surface area contributed by atoms with Crippen LogP contribution < -0.4 is 0 Å². The van der Waals surface area contributed by atoms with Crippen molar-refractivity contribution >= 4 is 5.97 Å². The van der Waals surface area contributed by atoms with Gasteiger partial charge in [-0.15, -0.1) is 0 Å². The van der Waals surface area contributed by atoms with E-state index >= 15 is 0 Å². The van der Waals surface area contributed by atoms with Gasteiger partial charge in [0.25, 0.3) is 0 Å². The lowest BCUT2D eigenvalue weighted by molar-refractivity contribution is 0.0593. The zero-order valence-corrected chi connectivity index (χ0v) is 8.93. The first-order chi connectivity index (χ1) is 7.72. The maximum atomic E-state index is 11.3. The lowest BCUT2D eigenvalue weighted by Gasteiger charge is -1.92. The number of hydrogen-bond donors (Lipinski definition) is 0. The molecule has 82 valence electrons. The molecule has 0 saturated heterocycles. The van der Waals surface area contributed by atoms with Crippen molar-refractivity contribution in [1.82, 2.24) is 9.97 Å². The first kappa shape index (κ1) is 10.4. The molecule has 0 aliphatic heterocycles. The molecule has 5 nitrogen and oxygen atoms in total. The normalized spacial score (nSPS) is 10.1. The van der Waals surface area contributed by atoms with Crippen molar-refractivity contribution in [3.8, 4) is 11.5 Å². The van der Waals surface area contributed by atoms with E-state index < -0.39 is 5.97 Å². The van der Waals surface area contributed by atoms with E-state index in [1.165, 1.54) is 7.11 Å². The summed E-state index contributed by atoms with van der Waals surface area (Å²) in [6.07, 6.45) is 3.26. The summed E-state index contributed by atoms with van der Waals surface area (Å²) in [5.74, 6) is 0.334. The topological polar surface area (TPSA) is 65.2 Å². The highest BCUT2D eigenvalue weighted by Gasteiger charge is 2.18. The Hall–Kier alpha value is -2.17. The summed E-state index contributed by atoms with van der Waals surface area (Å²) < 4.78 is 9.98. The van der Waals surface area contributed by atoms with Crippen LogP contribution in [0.3, 0.4) is 0 Å². The van der Waals surface area contributed by atoms with E-state index in [1.54, 1.807) is 31.5 Å². The number of ether oxygens (including phenoxy) is 1. The maximum Gasteiger partial charge on any atom is 0.360 e. The molecule has 0 aliphatic carbocycles. The van der Waals surface area contributed by atoms with E-state index in [1.807, 2.05) is 0 Å². The number of oxazole rings is 1. The number of rotatable bonds is 2. The number of esters is 1. The van der Waals surface area contributed by atoms with Gasteiger partial charge in [0.15, 0.2) is 5.69 Å². The van der Waals surface area contributed by atoms with Crippen molar-refractivity contribution in [2.45, 2.75) is 6.92 Å². The molecule has 0 bridgehead atoms. The molecule has 2 rings (SSSR count). The summed E-state index contributed by atoms with van der Waals surface area (Å²) in [5.41, 5.74) is 0.975. The molecular weight excluding hydrogens is 208 g/mol. The fourth-order valence-corrected chi connectivity index (χ4v) is 1.30. The molecule has 0 aliphatic rings. The lowest BCUT2D eigenvalue weighted by Crippen LogP contribution is -2.03. The summed E-state index contributed by atoms with van der Waals surface area (Å²) in [5, 5.41) is 0. The SMILES string of the molecule is COC(=O)c1nc(-c2ccncc2)oc1C. The predicted octanol–water partition coefficient (Wildman–Crippen LogP) is 1.83. The Labute approximate surface area is 92.1 Å². The average molecular weight is 218 g/mol. The Morgan fingerprint density at radius 3 is 2.69 bits per heavy atom. The third-order valence-electron chi connectivity index (χ3n) is 2.10. The molecule has 2 aromatic rings. The van der Waals surface area contributed by atoms with Crippen molar-refractivity contribution in [2.24, 2.45) is 0 Å². The van der Waals surface area contributed by atoms with Crippen LogP contribution in [-0.2, 0) is 4.74 Å². The second kappa shape index (κ2) is 4.14. The number of nitrogens with zero attached hydrogens (tertiary/aromatic N) is 2. The van der Waals surface area contributed by atoms with Gasteiger partial charge in [-0.05, 0) is 19.1 Å². The molecule has 2 heterocycles. The van der Waals surface area contributed by atoms with E-state index in [2.05, 4.69) is 14.7 Å². The van der Waals surface area contributed by atoms with Gasteiger partial charge in [0.1, 0.15) is 5.76 Å². The average Bonchev–Trinajstić information content (AvgIpc) is 2.71. The minimum Gasteiger partial charge on any atom is -0.464 e. The molecular formula is C11H10N2O3. The van der Waals surface area contributed by atoms with Crippen molar-refractivity contribution in [3.05, 3.63) is 36.0 Å². The largest absolute Gasteiger partial charge is 0.464 e. The van der Waals surface area contributed by atoms with Crippen molar-refractivity contribution in [1.29, 1.82) is 0 Å². The zero-order valence-electron chi connectivity index (χ0n) is 8.93. The highest BCUT2D eigenvalue weighted by Crippen LogP contribution is 2.21. The highest BCUT2D eigenvalue weighted by atomic mass is 16.5. The molecule has 0 saturated carbocycles. The van der Waals surface area contributed by atoms with Crippen LogP contribution in [-0.4, -0.2) is 23.0 Å². The minimum absolute atomic E-state index is 0.203. The Kier molecular flexibility index (Phi) is 2.68. The molecule has 0 fully saturated rings. The summed E-state index contributed by atoms with van der Waals surface area (Å²) in [6.45, 7) is 1.67. The molecule has 0 aromatic carbocycles. The fourth-order valence-electron chi connectivity index (χ4n) is 1.30. The van der Waals surface area contributed by atoms with Crippen LogP contribution in [0.2, 0.25) is 0 Å². The third-order valence-corrected chi connectivity index (χ3v) is 2.10. The third kappa shape index (κ3) is 1.79. The van der Waals surface area contributed by atoms with Crippen molar-refractivity contribution in [2.75, 3.05) is 7.11 Å². The number of aromatic nitrogens is 2. The van der Waals surface area contributed by atoms with Gasteiger partial charge >= 0.3 is 5.97 Å². The monoisotopic (exact) mass is 218 g/mol. The Morgan fingerprint density at radius 1 is 1.38 bits per heavy atom. The number of hydrogen-bond acceptors (Lipinski definition) is 5. The summed E-state index contributed by atoms with van der Waals surface area (Å²) >= 11 is 0. The van der Waals surface area contributed by atoms with E-state index in [9.17, 15) is 4.79 Å². The van der Waals surface area contributed by atoms with Crippen LogP contribution in [0.15, 0.2) is 28.9 Å². The first-order valence-corrected chi connectivity index (χ1v) is 4.68. The molecule has 16 heavy (non-hydrogen) atoms. The Bertz CT molecular complexity index is 505. The molecule has 0 unspecified atom stereocenters. The number of carbonyl (C=O) groups excluding carboxylic acids is 1. The van der Waals surface area contributed by atoms with E-state index in [0.717, 1.165) is 5.56 Å². The quantitative estimate of drug-likeness (QED) is 0.719. The number of aryl methyl sites for hydroxylation is 1. The van der Waals surface area contributed by atoms with Gasteiger partial charge < -0.3 is 9.15 Å². The van der Waals surface area contributed by atoms with Gasteiger partial charge in [0, 0.05) is 18.0 Å². The van der Waals surface area contributed by atoms with E-state index in [0.29, 0.717) is 11.7 Å². The van der Waals surface area contributed by atoms with Crippen LogP contribution in [0.25, 0.3) is 11.5 Å². The predicted molar refractivity (Wildman–Crippen MR) is 55.8 cm³/mol. The standard InChI is InChI=1S/C11H10N2O3/c1-7-9(11(14)15-2)13-10(16-7)8-3-5-12-6-4-8/h3-6H,1-2H3. The van der Waals surface area contributed by atoms with Crippen LogP contribution >= 0.6 is 0 Å². The molecule has 0 spiro atoms. The van der Waals surface area contributed by atoms with E-state index in [4.69, 9.17) is 4.42 Å². The zero-order chi connectivity index (χ0) is 11.5. The minimum atomic E-state index is -0.499. The molecule has 0 radical (unpaired) electrons. The lowest BCUT2D eigenvalue weighted by atomic mass is 10.3. The number of carbonyl (C=O) groups is 1. The molecule has 5 heteroatoms. The second-order valence-electron chi connectivity index (χ2n) is 3.15.